The van der Waals surface area contributed by atoms with Gasteiger partial charge in [0.15, 0.2) is 12.4 Å². The van der Waals surface area contributed by atoms with E-state index in [0.29, 0.717) is 16.3 Å². The van der Waals surface area contributed by atoms with Crippen molar-refractivity contribution in [1.82, 2.24) is 5.16 Å². The molecule has 23 heavy (non-hydrogen) atoms. The van der Waals surface area contributed by atoms with Crippen molar-refractivity contribution in [3.8, 4) is 0 Å². The number of hydrogen-bond acceptors (Lipinski definition) is 6. The molecule has 1 amide bonds. The molecule has 0 spiro atoms. The molecule has 2 heterocycles. The van der Waals surface area contributed by atoms with E-state index in [1.807, 2.05) is 0 Å². The molecule has 2 aromatic heterocycles. The number of aromatic nitrogens is 1. The van der Waals surface area contributed by atoms with E-state index in [2.05, 4.69) is 10.5 Å². The summed E-state index contributed by atoms with van der Waals surface area (Å²) < 4.78 is 10.4. The summed E-state index contributed by atoms with van der Waals surface area (Å²) in [5.41, 5.74) is 2.25. The van der Waals surface area contributed by atoms with Crippen molar-refractivity contribution in [2.45, 2.75) is 46.1 Å². The van der Waals surface area contributed by atoms with Crippen LogP contribution in [0.4, 0.5) is 5.00 Å². The van der Waals surface area contributed by atoms with Crippen molar-refractivity contribution in [3.05, 3.63) is 33.5 Å². The number of ether oxygens (including phenoxy) is 1. The molecule has 2 aromatic rings. The Balaban J connectivity index is 1.82. The fourth-order valence-corrected chi connectivity index (χ4v) is 4.05. The zero-order chi connectivity index (χ0) is 16.4. The van der Waals surface area contributed by atoms with Crippen LogP contribution in [0.15, 0.2) is 10.6 Å². The largest absolute Gasteiger partial charge is 0.454 e. The molecule has 1 aliphatic rings. The fourth-order valence-electron chi connectivity index (χ4n) is 2.72. The van der Waals surface area contributed by atoms with Crippen LogP contribution < -0.4 is 5.32 Å². The smallest absolute Gasteiger partial charge is 0.341 e. The van der Waals surface area contributed by atoms with Crippen molar-refractivity contribution in [2.24, 2.45) is 0 Å². The van der Waals surface area contributed by atoms with Crippen molar-refractivity contribution < 1.29 is 18.8 Å². The summed E-state index contributed by atoms with van der Waals surface area (Å²) >= 11 is 1.48. The van der Waals surface area contributed by atoms with E-state index >= 15 is 0 Å². The number of hydrogen-bond donors (Lipinski definition) is 1. The van der Waals surface area contributed by atoms with E-state index in [0.717, 1.165) is 36.9 Å². The number of thiophene rings is 1. The molecule has 6 nitrogen and oxygen atoms in total. The highest BCUT2D eigenvalue weighted by molar-refractivity contribution is 7.17. The van der Waals surface area contributed by atoms with Gasteiger partial charge in [-0.15, -0.1) is 11.3 Å². The van der Waals surface area contributed by atoms with Gasteiger partial charge in [-0.3, -0.25) is 4.79 Å². The zero-order valence-corrected chi connectivity index (χ0v) is 13.9. The van der Waals surface area contributed by atoms with E-state index in [-0.39, 0.29) is 12.5 Å². The van der Waals surface area contributed by atoms with Crippen LogP contribution in [0.2, 0.25) is 0 Å². The van der Waals surface area contributed by atoms with Crippen molar-refractivity contribution in [1.29, 1.82) is 0 Å². The summed E-state index contributed by atoms with van der Waals surface area (Å²) in [4.78, 5) is 25.1. The number of amides is 1. The van der Waals surface area contributed by atoms with Gasteiger partial charge in [0, 0.05) is 17.9 Å². The highest BCUT2D eigenvalue weighted by atomic mass is 32.1. The lowest BCUT2D eigenvalue weighted by molar-refractivity contribution is -0.114. The molecule has 0 aromatic carbocycles. The average molecular weight is 334 g/mol. The third kappa shape index (κ3) is 3.44. The molecule has 3 rings (SSSR count). The summed E-state index contributed by atoms with van der Waals surface area (Å²) in [6.07, 6.45) is 3.95. The van der Waals surface area contributed by atoms with Crippen LogP contribution >= 0.6 is 11.3 Å². The Kier molecular flexibility index (Phi) is 4.47. The SMILES string of the molecule is CC(=O)Nc1sc2c(c1C(=O)OCc1cc(C)no1)CCCC2. The van der Waals surface area contributed by atoms with Gasteiger partial charge in [-0.2, -0.15) is 0 Å². The molecule has 0 saturated carbocycles. The summed E-state index contributed by atoms with van der Waals surface area (Å²) in [7, 11) is 0. The van der Waals surface area contributed by atoms with Crippen LogP contribution in [0, 0.1) is 6.92 Å². The lowest BCUT2D eigenvalue weighted by Crippen LogP contribution is -2.13. The van der Waals surface area contributed by atoms with Gasteiger partial charge in [-0.25, -0.2) is 4.79 Å². The quantitative estimate of drug-likeness (QED) is 0.868. The molecule has 0 aliphatic heterocycles. The number of carbonyl (C=O) groups is 2. The van der Waals surface area contributed by atoms with Crippen molar-refractivity contribution >= 4 is 28.2 Å². The first kappa shape index (κ1) is 15.7. The van der Waals surface area contributed by atoms with Crippen LogP contribution in [0.5, 0.6) is 0 Å². The van der Waals surface area contributed by atoms with Gasteiger partial charge in [0.2, 0.25) is 5.91 Å². The minimum absolute atomic E-state index is 0.0316. The second kappa shape index (κ2) is 6.54. The number of esters is 1. The molecule has 1 aliphatic carbocycles. The van der Waals surface area contributed by atoms with Crippen LogP contribution in [0.25, 0.3) is 0 Å². The fraction of sp³-hybridized carbons (Fsp3) is 0.438. The van der Waals surface area contributed by atoms with Crippen molar-refractivity contribution in [2.75, 3.05) is 5.32 Å². The number of anilines is 1. The molecule has 0 saturated heterocycles. The molecule has 7 heteroatoms. The molecule has 1 N–H and O–H groups in total. The zero-order valence-electron chi connectivity index (χ0n) is 13.1. The Morgan fingerprint density at radius 1 is 1.39 bits per heavy atom. The van der Waals surface area contributed by atoms with Gasteiger partial charge >= 0.3 is 5.97 Å². The van der Waals surface area contributed by atoms with E-state index in [1.54, 1.807) is 13.0 Å². The highest BCUT2D eigenvalue weighted by Crippen LogP contribution is 2.38. The topological polar surface area (TPSA) is 81.4 Å². The minimum Gasteiger partial charge on any atom is -0.454 e. The molecule has 0 fully saturated rings. The maximum Gasteiger partial charge on any atom is 0.341 e. The molecule has 122 valence electrons. The minimum atomic E-state index is -0.429. The molecule has 0 radical (unpaired) electrons. The second-order valence-corrected chi connectivity index (χ2v) is 6.71. The van der Waals surface area contributed by atoms with Gasteiger partial charge in [0.05, 0.1) is 11.3 Å². The summed E-state index contributed by atoms with van der Waals surface area (Å²) in [6.45, 7) is 3.27. The van der Waals surface area contributed by atoms with E-state index in [1.165, 1.54) is 23.1 Å². The second-order valence-electron chi connectivity index (χ2n) is 5.61. The lowest BCUT2D eigenvalue weighted by atomic mass is 9.95. The van der Waals surface area contributed by atoms with Crippen LogP contribution in [-0.2, 0) is 29.0 Å². The number of carbonyl (C=O) groups excluding carboxylic acids is 2. The normalized spacial score (nSPS) is 13.5. The average Bonchev–Trinajstić information content (AvgIpc) is 3.07. The predicted molar refractivity (Wildman–Crippen MR) is 85.6 cm³/mol. The number of rotatable bonds is 4. The predicted octanol–water partition coefficient (Wildman–Crippen LogP) is 3.24. The number of nitrogens with zero attached hydrogens (tertiary/aromatic N) is 1. The van der Waals surface area contributed by atoms with Gasteiger partial charge in [0.1, 0.15) is 5.00 Å². The first-order valence-electron chi connectivity index (χ1n) is 7.56. The Morgan fingerprint density at radius 2 is 2.17 bits per heavy atom. The molecule has 0 unspecified atom stereocenters. The molecule has 0 atom stereocenters. The van der Waals surface area contributed by atoms with Gasteiger partial charge in [-0.1, -0.05) is 5.16 Å². The first-order chi connectivity index (χ1) is 11.0. The number of aryl methyl sites for hydroxylation is 2. The van der Waals surface area contributed by atoms with Gasteiger partial charge < -0.3 is 14.6 Å². The maximum absolute atomic E-state index is 12.5. The summed E-state index contributed by atoms with van der Waals surface area (Å²) in [6, 6.07) is 1.73. The third-order valence-electron chi connectivity index (χ3n) is 3.69. The third-order valence-corrected chi connectivity index (χ3v) is 4.89. The van der Waals surface area contributed by atoms with Crippen LogP contribution in [-0.4, -0.2) is 17.0 Å². The lowest BCUT2D eigenvalue weighted by Gasteiger charge is -2.12. The van der Waals surface area contributed by atoms with Gasteiger partial charge in [0.25, 0.3) is 0 Å². The monoisotopic (exact) mass is 334 g/mol. The Hall–Kier alpha value is -2.15. The van der Waals surface area contributed by atoms with E-state index in [9.17, 15) is 9.59 Å². The molecular weight excluding hydrogens is 316 g/mol. The van der Waals surface area contributed by atoms with Crippen molar-refractivity contribution in [3.63, 3.8) is 0 Å². The molecular formula is C16H18N2O4S. The Bertz CT molecular complexity index is 747. The summed E-state index contributed by atoms with van der Waals surface area (Å²) in [5.74, 6) is -0.119. The number of fused-ring (bicyclic) bond motifs is 1. The maximum atomic E-state index is 12.5. The molecule has 0 bridgehead atoms. The number of nitrogens with one attached hydrogen (secondary N) is 1. The standard InChI is InChI=1S/C16H18N2O4S/c1-9-7-11(22-18-9)8-21-16(20)14-12-5-3-4-6-13(12)23-15(14)17-10(2)19/h7H,3-6,8H2,1-2H3,(H,17,19). The highest BCUT2D eigenvalue weighted by Gasteiger charge is 2.27. The van der Waals surface area contributed by atoms with E-state index < -0.39 is 5.97 Å². The van der Waals surface area contributed by atoms with Crippen LogP contribution in [0.1, 0.15) is 52.0 Å². The Morgan fingerprint density at radius 3 is 2.87 bits per heavy atom. The van der Waals surface area contributed by atoms with Crippen LogP contribution in [0.3, 0.4) is 0 Å². The van der Waals surface area contributed by atoms with Gasteiger partial charge in [-0.05, 0) is 38.2 Å². The Labute approximate surface area is 137 Å². The summed E-state index contributed by atoms with van der Waals surface area (Å²) in [5, 5.41) is 7.11. The first-order valence-corrected chi connectivity index (χ1v) is 8.37. The van der Waals surface area contributed by atoms with E-state index in [4.69, 9.17) is 9.26 Å².